The van der Waals surface area contributed by atoms with Crippen LogP contribution in [0, 0.1) is 5.92 Å². The van der Waals surface area contributed by atoms with Crippen molar-refractivity contribution in [1.82, 2.24) is 5.32 Å². The Morgan fingerprint density at radius 3 is 2.42 bits per heavy atom. The normalized spacial score (nSPS) is 20.3. The summed E-state index contributed by atoms with van der Waals surface area (Å²) in [5, 5.41) is 13.0. The largest absolute Gasteiger partial charge is 0.393 e. The van der Waals surface area contributed by atoms with Crippen molar-refractivity contribution in [3.63, 3.8) is 0 Å². The van der Waals surface area contributed by atoms with Crippen molar-refractivity contribution in [2.75, 3.05) is 25.0 Å². The van der Waals surface area contributed by atoms with Crippen molar-refractivity contribution in [2.45, 2.75) is 38.8 Å². The number of aliphatic hydroxyl groups is 1. The van der Waals surface area contributed by atoms with Gasteiger partial charge in [-0.05, 0) is 51.3 Å². The van der Waals surface area contributed by atoms with Gasteiger partial charge in [-0.15, -0.1) is 0 Å². The average Bonchev–Trinajstić information content (AvgIpc) is 2.46. The average molecular weight is 262 g/mol. The quantitative estimate of drug-likeness (QED) is 0.875. The van der Waals surface area contributed by atoms with Gasteiger partial charge in [0.25, 0.3) is 0 Å². The Balaban J connectivity index is 2.11. The van der Waals surface area contributed by atoms with Gasteiger partial charge >= 0.3 is 0 Å². The van der Waals surface area contributed by atoms with E-state index in [-0.39, 0.29) is 6.10 Å². The summed E-state index contributed by atoms with van der Waals surface area (Å²) in [7, 11) is 2.00. The summed E-state index contributed by atoms with van der Waals surface area (Å²) in [4.78, 5) is 2.46. The van der Waals surface area contributed by atoms with Crippen LogP contribution in [0.4, 0.5) is 5.69 Å². The zero-order valence-electron chi connectivity index (χ0n) is 12.3. The first-order valence-electron chi connectivity index (χ1n) is 7.32. The van der Waals surface area contributed by atoms with E-state index in [1.165, 1.54) is 11.3 Å². The third kappa shape index (κ3) is 3.28. The lowest BCUT2D eigenvalue weighted by Gasteiger charge is -2.36. The standard InChI is InChI=1S/C16H26N2O/c1-12(17-3)15-6-4-5-7-16(15)18-10-8-14(9-11-18)13(2)19/h4-7,12-14,17,19H,8-11H2,1-3H3. The lowest BCUT2D eigenvalue weighted by molar-refractivity contribution is 0.110. The molecule has 106 valence electrons. The first kappa shape index (κ1) is 14.4. The number of rotatable bonds is 4. The van der Waals surface area contributed by atoms with Crippen LogP contribution in [-0.2, 0) is 0 Å². The van der Waals surface area contributed by atoms with Gasteiger partial charge in [-0.2, -0.15) is 0 Å². The molecule has 0 amide bonds. The maximum atomic E-state index is 9.69. The van der Waals surface area contributed by atoms with E-state index < -0.39 is 0 Å². The summed E-state index contributed by atoms with van der Waals surface area (Å²) < 4.78 is 0. The number of nitrogens with one attached hydrogen (secondary N) is 1. The minimum absolute atomic E-state index is 0.173. The molecule has 1 aromatic rings. The monoisotopic (exact) mass is 262 g/mol. The second kappa shape index (κ2) is 6.40. The van der Waals surface area contributed by atoms with E-state index in [2.05, 4.69) is 41.4 Å². The molecule has 0 aliphatic carbocycles. The smallest absolute Gasteiger partial charge is 0.0541 e. The second-order valence-electron chi connectivity index (χ2n) is 5.63. The SMILES string of the molecule is CNC(C)c1ccccc1N1CCC(C(C)O)CC1. The lowest BCUT2D eigenvalue weighted by Crippen LogP contribution is -2.37. The second-order valence-corrected chi connectivity index (χ2v) is 5.63. The Kier molecular flexibility index (Phi) is 4.83. The van der Waals surface area contributed by atoms with Gasteiger partial charge in [0.2, 0.25) is 0 Å². The Morgan fingerprint density at radius 1 is 1.21 bits per heavy atom. The van der Waals surface area contributed by atoms with Gasteiger partial charge in [0.05, 0.1) is 6.10 Å². The molecular weight excluding hydrogens is 236 g/mol. The first-order chi connectivity index (χ1) is 9.13. The molecule has 2 atom stereocenters. The molecule has 19 heavy (non-hydrogen) atoms. The number of benzene rings is 1. The molecule has 3 nitrogen and oxygen atoms in total. The van der Waals surface area contributed by atoms with Crippen molar-refractivity contribution < 1.29 is 5.11 Å². The van der Waals surface area contributed by atoms with Crippen LogP contribution < -0.4 is 10.2 Å². The Labute approximate surface area is 116 Å². The zero-order chi connectivity index (χ0) is 13.8. The van der Waals surface area contributed by atoms with E-state index >= 15 is 0 Å². The van der Waals surface area contributed by atoms with Crippen molar-refractivity contribution in [3.8, 4) is 0 Å². The van der Waals surface area contributed by atoms with Crippen LogP contribution in [0.25, 0.3) is 0 Å². The molecule has 0 radical (unpaired) electrons. The molecule has 2 unspecified atom stereocenters. The van der Waals surface area contributed by atoms with E-state index in [1.807, 2.05) is 14.0 Å². The third-order valence-corrected chi connectivity index (χ3v) is 4.40. The van der Waals surface area contributed by atoms with E-state index in [9.17, 15) is 5.11 Å². The minimum atomic E-state index is -0.173. The molecule has 1 saturated heterocycles. The van der Waals surface area contributed by atoms with Crippen molar-refractivity contribution >= 4 is 5.69 Å². The van der Waals surface area contributed by atoms with Gasteiger partial charge < -0.3 is 15.3 Å². The molecular formula is C16H26N2O. The van der Waals surface area contributed by atoms with Crippen LogP contribution in [0.3, 0.4) is 0 Å². The van der Waals surface area contributed by atoms with Crippen LogP contribution >= 0.6 is 0 Å². The summed E-state index contributed by atoms with van der Waals surface area (Å²) in [6.45, 7) is 6.20. The fraction of sp³-hybridized carbons (Fsp3) is 0.625. The molecule has 2 rings (SSSR count). The topological polar surface area (TPSA) is 35.5 Å². The lowest BCUT2D eigenvalue weighted by atomic mass is 9.91. The fourth-order valence-corrected chi connectivity index (χ4v) is 2.92. The number of hydrogen-bond acceptors (Lipinski definition) is 3. The number of hydrogen-bond donors (Lipinski definition) is 2. The highest BCUT2D eigenvalue weighted by Crippen LogP contribution is 2.30. The molecule has 1 fully saturated rings. The molecule has 0 saturated carbocycles. The molecule has 1 aromatic carbocycles. The van der Waals surface area contributed by atoms with Crippen molar-refractivity contribution in [3.05, 3.63) is 29.8 Å². The predicted octanol–water partition coefficient (Wildman–Crippen LogP) is 2.56. The molecule has 1 aliphatic heterocycles. The van der Waals surface area contributed by atoms with Crippen LogP contribution in [0.1, 0.15) is 38.3 Å². The van der Waals surface area contributed by atoms with Crippen LogP contribution in [0.15, 0.2) is 24.3 Å². The highest BCUT2D eigenvalue weighted by atomic mass is 16.3. The number of para-hydroxylation sites is 1. The Morgan fingerprint density at radius 2 is 1.84 bits per heavy atom. The number of aliphatic hydroxyl groups excluding tert-OH is 1. The van der Waals surface area contributed by atoms with Crippen LogP contribution in [-0.4, -0.2) is 31.3 Å². The van der Waals surface area contributed by atoms with E-state index in [0.29, 0.717) is 12.0 Å². The molecule has 0 bridgehead atoms. The van der Waals surface area contributed by atoms with Gasteiger partial charge in [0.1, 0.15) is 0 Å². The van der Waals surface area contributed by atoms with E-state index in [1.54, 1.807) is 0 Å². The third-order valence-electron chi connectivity index (χ3n) is 4.40. The summed E-state index contributed by atoms with van der Waals surface area (Å²) in [5.41, 5.74) is 2.70. The number of anilines is 1. The summed E-state index contributed by atoms with van der Waals surface area (Å²) in [6.07, 6.45) is 1.99. The van der Waals surface area contributed by atoms with Crippen LogP contribution in [0.5, 0.6) is 0 Å². The first-order valence-corrected chi connectivity index (χ1v) is 7.32. The number of nitrogens with zero attached hydrogens (tertiary/aromatic N) is 1. The highest BCUT2D eigenvalue weighted by molar-refractivity contribution is 5.55. The Hall–Kier alpha value is -1.06. The molecule has 0 spiro atoms. The fourth-order valence-electron chi connectivity index (χ4n) is 2.92. The summed E-state index contributed by atoms with van der Waals surface area (Å²) >= 11 is 0. The molecule has 2 N–H and O–H groups in total. The number of piperidine rings is 1. The summed E-state index contributed by atoms with van der Waals surface area (Å²) in [5.74, 6) is 0.463. The predicted molar refractivity (Wildman–Crippen MR) is 80.5 cm³/mol. The minimum Gasteiger partial charge on any atom is -0.393 e. The van der Waals surface area contributed by atoms with Gasteiger partial charge in [0.15, 0.2) is 0 Å². The zero-order valence-corrected chi connectivity index (χ0v) is 12.3. The van der Waals surface area contributed by atoms with Crippen LogP contribution in [0.2, 0.25) is 0 Å². The Bertz CT molecular complexity index is 397. The van der Waals surface area contributed by atoms with Gasteiger partial charge in [-0.1, -0.05) is 18.2 Å². The van der Waals surface area contributed by atoms with E-state index in [0.717, 1.165) is 25.9 Å². The molecule has 1 heterocycles. The van der Waals surface area contributed by atoms with E-state index in [4.69, 9.17) is 0 Å². The van der Waals surface area contributed by atoms with Gasteiger partial charge in [0, 0.05) is 24.8 Å². The van der Waals surface area contributed by atoms with Gasteiger partial charge in [-0.25, -0.2) is 0 Å². The molecule has 0 aromatic heterocycles. The maximum absolute atomic E-state index is 9.69. The van der Waals surface area contributed by atoms with Crippen molar-refractivity contribution in [2.24, 2.45) is 5.92 Å². The highest BCUT2D eigenvalue weighted by Gasteiger charge is 2.24. The summed E-state index contributed by atoms with van der Waals surface area (Å²) in [6, 6.07) is 9.01. The maximum Gasteiger partial charge on any atom is 0.0541 e. The molecule has 1 aliphatic rings. The van der Waals surface area contributed by atoms with Gasteiger partial charge in [-0.3, -0.25) is 0 Å². The van der Waals surface area contributed by atoms with Crippen molar-refractivity contribution in [1.29, 1.82) is 0 Å². The molecule has 3 heteroatoms.